The first kappa shape index (κ1) is 19.1. The molecule has 2 atom stereocenters. The topological polar surface area (TPSA) is 44.8 Å². The molecule has 0 aliphatic carbocycles. The Labute approximate surface area is 154 Å². The minimum absolute atomic E-state index is 0.206. The van der Waals surface area contributed by atoms with Gasteiger partial charge in [-0.05, 0) is 24.1 Å². The van der Waals surface area contributed by atoms with Crippen LogP contribution in [0, 0.1) is 0 Å². The van der Waals surface area contributed by atoms with Gasteiger partial charge in [-0.25, -0.2) is 0 Å². The highest BCUT2D eigenvalue weighted by molar-refractivity contribution is 5.78. The Morgan fingerprint density at radius 3 is 2.33 bits per heavy atom. The van der Waals surface area contributed by atoms with Crippen LogP contribution in [0.15, 0.2) is 48.5 Å². The molecule has 0 spiro atoms. The van der Waals surface area contributed by atoms with Crippen molar-refractivity contribution < 1.29 is 32.2 Å². The van der Waals surface area contributed by atoms with Crippen LogP contribution in [0.25, 0.3) is 0 Å². The van der Waals surface area contributed by atoms with E-state index in [2.05, 4.69) is 0 Å². The van der Waals surface area contributed by atoms with Gasteiger partial charge in [0.25, 0.3) is 0 Å². The summed E-state index contributed by atoms with van der Waals surface area (Å²) in [6, 6.07) is 12.5. The minimum Gasteiger partial charge on any atom is -0.486 e. The summed E-state index contributed by atoms with van der Waals surface area (Å²) in [6.07, 6.45) is -6.80. The van der Waals surface area contributed by atoms with Crippen molar-refractivity contribution in [2.45, 2.75) is 31.5 Å². The van der Waals surface area contributed by atoms with Gasteiger partial charge in [-0.3, -0.25) is 4.79 Å². The maximum absolute atomic E-state index is 13.6. The molecule has 27 heavy (non-hydrogen) atoms. The number of halogens is 3. The standard InChI is InChI=1S/C20H19F3O4/c1-2-15(13-6-4-3-5-7-13)19(24)27-18(20(21,22)23)14-8-9-16-17(12-14)26-11-10-25-16/h3-9,12,15,18H,2,10-11H2,1H3/t15-,18+/m0/s1. The second kappa shape index (κ2) is 7.90. The summed E-state index contributed by atoms with van der Waals surface area (Å²) >= 11 is 0. The third kappa shape index (κ3) is 4.35. The molecule has 0 saturated heterocycles. The Morgan fingerprint density at radius 1 is 1.04 bits per heavy atom. The fourth-order valence-corrected chi connectivity index (χ4v) is 2.97. The zero-order valence-electron chi connectivity index (χ0n) is 14.7. The smallest absolute Gasteiger partial charge is 0.429 e. The molecule has 4 nitrogen and oxygen atoms in total. The number of esters is 1. The van der Waals surface area contributed by atoms with E-state index in [9.17, 15) is 18.0 Å². The van der Waals surface area contributed by atoms with Crippen molar-refractivity contribution in [3.05, 3.63) is 59.7 Å². The Balaban J connectivity index is 1.86. The van der Waals surface area contributed by atoms with E-state index in [1.165, 1.54) is 18.2 Å². The van der Waals surface area contributed by atoms with Gasteiger partial charge in [-0.15, -0.1) is 0 Å². The first-order valence-electron chi connectivity index (χ1n) is 8.62. The highest BCUT2D eigenvalue weighted by Crippen LogP contribution is 2.41. The predicted molar refractivity (Wildman–Crippen MR) is 91.8 cm³/mol. The molecule has 2 aromatic carbocycles. The molecule has 2 aromatic rings. The highest BCUT2D eigenvalue weighted by Gasteiger charge is 2.45. The predicted octanol–water partition coefficient (Wildman–Crippen LogP) is 4.80. The zero-order chi connectivity index (χ0) is 19.4. The lowest BCUT2D eigenvalue weighted by Crippen LogP contribution is -2.28. The molecule has 144 valence electrons. The van der Waals surface area contributed by atoms with Crippen molar-refractivity contribution in [3.63, 3.8) is 0 Å². The van der Waals surface area contributed by atoms with Gasteiger partial charge in [0.15, 0.2) is 11.5 Å². The molecule has 1 aliphatic rings. The molecule has 1 heterocycles. The lowest BCUT2D eigenvalue weighted by Gasteiger charge is -2.25. The molecule has 0 N–H and O–H groups in total. The first-order valence-corrected chi connectivity index (χ1v) is 8.62. The largest absolute Gasteiger partial charge is 0.486 e. The van der Waals surface area contributed by atoms with Gasteiger partial charge in [0.1, 0.15) is 13.2 Å². The molecule has 7 heteroatoms. The third-order valence-electron chi connectivity index (χ3n) is 4.29. The molecule has 0 radical (unpaired) electrons. The van der Waals surface area contributed by atoms with Gasteiger partial charge < -0.3 is 14.2 Å². The van der Waals surface area contributed by atoms with E-state index in [0.29, 0.717) is 24.3 Å². The van der Waals surface area contributed by atoms with Crippen molar-refractivity contribution in [2.75, 3.05) is 13.2 Å². The van der Waals surface area contributed by atoms with Gasteiger partial charge in [0.05, 0.1) is 5.92 Å². The van der Waals surface area contributed by atoms with Crippen LogP contribution < -0.4 is 9.47 Å². The molecule has 0 aromatic heterocycles. The number of alkyl halides is 3. The van der Waals surface area contributed by atoms with Gasteiger partial charge in [-0.1, -0.05) is 43.3 Å². The van der Waals surface area contributed by atoms with Crippen LogP contribution in [0.4, 0.5) is 13.2 Å². The maximum Gasteiger partial charge on any atom is 0.429 e. The van der Waals surface area contributed by atoms with Crippen molar-refractivity contribution in [1.82, 2.24) is 0 Å². The zero-order valence-corrected chi connectivity index (χ0v) is 14.7. The molecule has 0 bridgehead atoms. The number of hydrogen-bond donors (Lipinski definition) is 0. The van der Waals surface area contributed by atoms with Crippen molar-refractivity contribution >= 4 is 5.97 Å². The van der Waals surface area contributed by atoms with E-state index in [0.717, 1.165) is 0 Å². The Kier molecular flexibility index (Phi) is 5.58. The second-order valence-electron chi connectivity index (χ2n) is 6.13. The maximum atomic E-state index is 13.6. The third-order valence-corrected chi connectivity index (χ3v) is 4.29. The lowest BCUT2D eigenvalue weighted by molar-refractivity contribution is -0.225. The lowest BCUT2D eigenvalue weighted by atomic mass is 9.96. The van der Waals surface area contributed by atoms with Gasteiger partial charge in [0.2, 0.25) is 6.10 Å². The van der Waals surface area contributed by atoms with Gasteiger partial charge in [-0.2, -0.15) is 13.2 Å². The van der Waals surface area contributed by atoms with Crippen LogP contribution in [-0.4, -0.2) is 25.4 Å². The monoisotopic (exact) mass is 380 g/mol. The van der Waals surface area contributed by atoms with E-state index >= 15 is 0 Å². The average Bonchev–Trinajstić information content (AvgIpc) is 2.66. The normalized spacial score (nSPS) is 15.7. The molecule has 0 fully saturated rings. The fourth-order valence-electron chi connectivity index (χ4n) is 2.97. The summed E-state index contributed by atoms with van der Waals surface area (Å²) in [4.78, 5) is 12.5. The van der Waals surface area contributed by atoms with Crippen molar-refractivity contribution in [1.29, 1.82) is 0 Å². The molecular formula is C20H19F3O4. The number of fused-ring (bicyclic) bond motifs is 1. The number of carbonyl (C=O) groups is 1. The van der Waals surface area contributed by atoms with Gasteiger partial charge in [0, 0.05) is 5.56 Å². The van der Waals surface area contributed by atoms with Gasteiger partial charge >= 0.3 is 12.1 Å². The summed E-state index contributed by atoms with van der Waals surface area (Å²) in [5.41, 5.74) is 0.413. The minimum atomic E-state index is -4.76. The summed E-state index contributed by atoms with van der Waals surface area (Å²) in [6.45, 7) is 2.31. The molecule has 0 amide bonds. The summed E-state index contributed by atoms with van der Waals surface area (Å²) in [5.74, 6) is -1.11. The average molecular weight is 380 g/mol. The SMILES string of the molecule is CC[C@H](C(=O)O[C@H](c1ccc2c(c1)OCCO2)C(F)(F)F)c1ccccc1. The summed E-state index contributed by atoms with van der Waals surface area (Å²) in [5, 5.41) is 0. The van der Waals surface area contributed by atoms with Crippen LogP contribution >= 0.6 is 0 Å². The highest BCUT2D eigenvalue weighted by atomic mass is 19.4. The van der Waals surface area contributed by atoms with Crippen LogP contribution in [0.3, 0.4) is 0 Å². The Bertz CT molecular complexity index is 790. The van der Waals surface area contributed by atoms with Crippen molar-refractivity contribution in [3.8, 4) is 11.5 Å². The Hall–Kier alpha value is -2.70. The summed E-state index contributed by atoms with van der Waals surface area (Å²) < 4.78 is 56.5. The van der Waals surface area contributed by atoms with Crippen LogP contribution in [0.1, 0.15) is 36.5 Å². The number of hydrogen-bond acceptors (Lipinski definition) is 4. The first-order chi connectivity index (χ1) is 12.9. The van der Waals surface area contributed by atoms with E-state index in [1.54, 1.807) is 37.3 Å². The molecule has 0 saturated carbocycles. The molecule has 0 unspecified atom stereocenters. The van der Waals surface area contributed by atoms with E-state index in [-0.39, 0.29) is 17.9 Å². The number of benzene rings is 2. The van der Waals surface area contributed by atoms with Crippen LogP contribution in [0.2, 0.25) is 0 Å². The van der Waals surface area contributed by atoms with Crippen molar-refractivity contribution in [2.24, 2.45) is 0 Å². The summed E-state index contributed by atoms with van der Waals surface area (Å²) in [7, 11) is 0. The Morgan fingerprint density at radius 2 is 1.70 bits per heavy atom. The number of ether oxygens (including phenoxy) is 3. The fraction of sp³-hybridized carbons (Fsp3) is 0.350. The van der Waals surface area contributed by atoms with Crippen LogP contribution in [0.5, 0.6) is 11.5 Å². The quantitative estimate of drug-likeness (QED) is 0.699. The van der Waals surface area contributed by atoms with E-state index in [4.69, 9.17) is 14.2 Å². The number of rotatable bonds is 5. The second-order valence-corrected chi connectivity index (χ2v) is 6.13. The molecule has 1 aliphatic heterocycles. The van der Waals surface area contributed by atoms with E-state index in [1.807, 2.05) is 0 Å². The van der Waals surface area contributed by atoms with Crippen LogP contribution in [-0.2, 0) is 9.53 Å². The molecule has 3 rings (SSSR count). The molecular weight excluding hydrogens is 361 g/mol. The van der Waals surface area contributed by atoms with E-state index < -0.39 is 24.2 Å². The number of carbonyl (C=O) groups excluding carboxylic acids is 1.